The van der Waals surface area contributed by atoms with Crippen LogP contribution in [0.3, 0.4) is 0 Å². The number of hydrogen-bond donors (Lipinski definition) is 2. The van der Waals surface area contributed by atoms with Crippen molar-refractivity contribution in [3.05, 3.63) is 18.3 Å². The molecule has 3 rings (SSSR count). The number of rotatable bonds is 5. The van der Waals surface area contributed by atoms with Crippen molar-refractivity contribution >= 4 is 17.4 Å². The molecule has 2 aliphatic rings. The van der Waals surface area contributed by atoms with Crippen LogP contribution in [-0.2, 0) is 9.53 Å². The molecule has 0 aromatic carbocycles. The van der Waals surface area contributed by atoms with Gasteiger partial charge in [-0.15, -0.1) is 0 Å². The van der Waals surface area contributed by atoms with E-state index in [0.717, 1.165) is 57.3 Å². The number of anilines is 2. The fraction of sp³-hybridized carbons (Fsp3) is 0.625. The standard InChI is InChI=1S/C16H24N4O2/c21-16(4-1-13-5-6-17-11-13)19-14-2-3-15(18-12-14)20-7-9-22-10-8-20/h2-3,12-13,17H,1,4-11H2,(H,19,21). The van der Waals surface area contributed by atoms with Crippen molar-refractivity contribution in [2.45, 2.75) is 19.3 Å². The number of carbonyl (C=O) groups is 1. The number of nitrogens with zero attached hydrogens (tertiary/aromatic N) is 2. The summed E-state index contributed by atoms with van der Waals surface area (Å²) in [6.45, 7) is 5.36. The highest BCUT2D eigenvalue weighted by Crippen LogP contribution is 2.17. The fourth-order valence-corrected chi connectivity index (χ4v) is 2.96. The summed E-state index contributed by atoms with van der Waals surface area (Å²) in [5.74, 6) is 1.67. The van der Waals surface area contributed by atoms with Gasteiger partial charge >= 0.3 is 0 Å². The molecule has 1 aromatic rings. The molecule has 0 saturated carbocycles. The smallest absolute Gasteiger partial charge is 0.224 e. The minimum Gasteiger partial charge on any atom is -0.378 e. The van der Waals surface area contributed by atoms with Crippen LogP contribution >= 0.6 is 0 Å². The summed E-state index contributed by atoms with van der Waals surface area (Å²) >= 11 is 0. The predicted molar refractivity (Wildman–Crippen MR) is 86.1 cm³/mol. The molecule has 22 heavy (non-hydrogen) atoms. The summed E-state index contributed by atoms with van der Waals surface area (Å²) in [5.41, 5.74) is 0.770. The topological polar surface area (TPSA) is 66.5 Å². The summed E-state index contributed by atoms with van der Waals surface area (Å²) in [6.07, 6.45) is 4.46. The highest BCUT2D eigenvalue weighted by atomic mass is 16.5. The van der Waals surface area contributed by atoms with Crippen molar-refractivity contribution in [2.24, 2.45) is 5.92 Å². The Morgan fingerprint density at radius 1 is 1.41 bits per heavy atom. The molecule has 6 nitrogen and oxygen atoms in total. The van der Waals surface area contributed by atoms with E-state index in [1.54, 1.807) is 6.20 Å². The van der Waals surface area contributed by atoms with Gasteiger partial charge < -0.3 is 20.3 Å². The van der Waals surface area contributed by atoms with E-state index in [-0.39, 0.29) is 5.91 Å². The molecule has 1 unspecified atom stereocenters. The van der Waals surface area contributed by atoms with Crippen molar-refractivity contribution in [3.8, 4) is 0 Å². The van der Waals surface area contributed by atoms with Crippen molar-refractivity contribution in [3.63, 3.8) is 0 Å². The van der Waals surface area contributed by atoms with E-state index in [2.05, 4.69) is 20.5 Å². The molecule has 0 bridgehead atoms. The molecule has 6 heteroatoms. The predicted octanol–water partition coefficient (Wildman–Crippen LogP) is 1.25. The molecule has 1 aromatic heterocycles. The Balaban J connectivity index is 1.46. The summed E-state index contributed by atoms with van der Waals surface area (Å²) < 4.78 is 5.34. The van der Waals surface area contributed by atoms with Crippen LogP contribution in [0.25, 0.3) is 0 Å². The summed E-state index contributed by atoms with van der Waals surface area (Å²) in [6, 6.07) is 3.88. The van der Waals surface area contributed by atoms with Gasteiger partial charge in [-0.3, -0.25) is 4.79 Å². The fourth-order valence-electron chi connectivity index (χ4n) is 2.96. The number of ether oxygens (including phenoxy) is 1. The Kier molecular flexibility index (Phi) is 5.24. The van der Waals surface area contributed by atoms with E-state index < -0.39 is 0 Å². The summed E-state index contributed by atoms with van der Waals surface area (Å²) in [4.78, 5) is 18.6. The van der Waals surface area contributed by atoms with Gasteiger partial charge in [0.25, 0.3) is 0 Å². The maximum atomic E-state index is 12.0. The van der Waals surface area contributed by atoms with Crippen LogP contribution < -0.4 is 15.5 Å². The van der Waals surface area contributed by atoms with Crippen LogP contribution in [0, 0.1) is 5.92 Å². The average molecular weight is 304 g/mol. The van der Waals surface area contributed by atoms with Crippen LogP contribution in [0.2, 0.25) is 0 Å². The second kappa shape index (κ2) is 7.56. The van der Waals surface area contributed by atoms with E-state index >= 15 is 0 Å². The highest BCUT2D eigenvalue weighted by Gasteiger charge is 2.16. The summed E-state index contributed by atoms with van der Waals surface area (Å²) in [7, 11) is 0. The van der Waals surface area contributed by atoms with Gasteiger partial charge in [-0.05, 0) is 44.0 Å². The third-order valence-corrected chi connectivity index (χ3v) is 4.31. The first kappa shape index (κ1) is 15.2. The third-order valence-electron chi connectivity index (χ3n) is 4.31. The zero-order valence-corrected chi connectivity index (χ0v) is 12.9. The van der Waals surface area contributed by atoms with Crippen LogP contribution in [0.5, 0.6) is 0 Å². The molecule has 3 heterocycles. The van der Waals surface area contributed by atoms with Gasteiger partial charge in [-0.2, -0.15) is 0 Å². The van der Waals surface area contributed by atoms with Gasteiger partial charge in [0, 0.05) is 19.5 Å². The van der Waals surface area contributed by atoms with Gasteiger partial charge in [0.05, 0.1) is 25.1 Å². The lowest BCUT2D eigenvalue weighted by atomic mass is 10.0. The van der Waals surface area contributed by atoms with E-state index in [4.69, 9.17) is 4.74 Å². The molecule has 0 aliphatic carbocycles. The Morgan fingerprint density at radius 2 is 2.27 bits per heavy atom. The van der Waals surface area contributed by atoms with Crippen molar-refractivity contribution in [2.75, 3.05) is 49.6 Å². The number of morpholine rings is 1. The number of hydrogen-bond acceptors (Lipinski definition) is 5. The maximum absolute atomic E-state index is 12.0. The molecular formula is C16H24N4O2. The number of pyridine rings is 1. The van der Waals surface area contributed by atoms with E-state index in [1.165, 1.54) is 6.42 Å². The van der Waals surface area contributed by atoms with E-state index in [1.807, 2.05) is 12.1 Å². The Bertz CT molecular complexity index is 479. The first-order valence-electron chi connectivity index (χ1n) is 8.10. The first-order chi connectivity index (χ1) is 10.8. The van der Waals surface area contributed by atoms with E-state index in [9.17, 15) is 4.79 Å². The lowest BCUT2D eigenvalue weighted by Gasteiger charge is -2.27. The third kappa shape index (κ3) is 4.18. The Labute approximate surface area is 131 Å². The zero-order valence-electron chi connectivity index (χ0n) is 12.9. The number of aromatic nitrogens is 1. The molecule has 1 amide bonds. The lowest BCUT2D eigenvalue weighted by molar-refractivity contribution is -0.116. The number of nitrogens with one attached hydrogen (secondary N) is 2. The number of amides is 1. The molecule has 1 atom stereocenters. The van der Waals surface area contributed by atoms with Gasteiger partial charge in [0.15, 0.2) is 0 Å². The van der Waals surface area contributed by atoms with Gasteiger partial charge in [-0.1, -0.05) is 0 Å². The van der Waals surface area contributed by atoms with Gasteiger partial charge in [0.1, 0.15) is 5.82 Å². The first-order valence-corrected chi connectivity index (χ1v) is 8.10. The molecule has 120 valence electrons. The van der Waals surface area contributed by atoms with E-state index in [0.29, 0.717) is 12.3 Å². The monoisotopic (exact) mass is 304 g/mol. The Hall–Kier alpha value is -1.66. The van der Waals surface area contributed by atoms with Crippen molar-refractivity contribution in [1.82, 2.24) is 10.3 Å². The van der Waals surface area contributed by atoms with Crippen molar-refractivity contribution < 1.29 is 9.53 Å². The van der Waals surface area contributed by atoms with Crippen LogP contribution in [0.4, 0.5) is 11.5 Å². The molecule has 2 saturated heterocycles. The average Bonchev–Trinajstić information content (AvgIpc) is 3.08. The second-order valence-electron chi connectivity index (χ2n) is 5.95. The van der Waals surface area contributed by atoms with Crippen LogP contribution in [-0.4, -0.2) is 50.3 Å². The Morgan fingerprint density at radius 3 is 2.95 bits per heavy atom. The maximum Gasteiger partial charge on any atom is 0.224 e. The molecule has 2 fully saturated rings. The largest absolute Gasteiger partial charge is 0.378 e. The minimum absolute atomic E-state index is 0.0767. The lowest BCUT2D eigenvalue weighted by Crippen LogP contribution is -2.36. The zero-order chi connectivity index (χ0) is 15.2. The van der Waals surface area contributed by atoms with Crippen LogP contribution in [0.1, 0.15) is 19.3 Å². The molecular weight excluding hydrogens is 280 g/mol. The molecule has 2 aliphatic heterocycles. The van der Waals surface area contributed by atoms with Crippen molar-refractivity contribution in [1.29, 1.82) is 0 Å². The molecule has 2 N–H and O–H groups in total. The quantitative estimate of drug-likeness (QED) is 0.857. The highest BCUT2D eigenvalue weighted by molar-refractivity contribution is 5.90. The summed E-state index contributed by atoms with van der Waals surface area (Å²) in [5, 5.41) is 6.26. The normalized spacial score (nSPS) is 21.8. The van der Waals surface area contributed by atoms with Gasteiger partial charge in [0.2, 0.25) is 5.91 Å². The SMILES string of the molecule is O=C(CCC1CCNC1)Nc1ccc(N2CCOCC2)nc1. The molecule has 0 radical (unpaired) electrons. The molecule has 0 spiro atoms. The van der Waals surface area contributed by atoms with Crippen LogP contribution in [0.15, 0.2) is 18.3 Å². The minimum atomic E-state index is 0.0767. The number of carbonyl (C=O) groups excluding carboxylic acids is 1. The second-order valence-corrected chi connectivity index (χ2v) is 5.95. The van der Waals surface area contributed by atoms with Gasteiger partial charge in [-0.25, -0.2) is 4.98 Å².